The molecule has 0 aliphatic rings. The second-order valence-electron chi connectivity index (χ2n) is 12.8. The molecule has 0 bridgehead atoms. The van der Waals surface area contributed by atoms with Crippen LogP contribution in [0.25, 0.3) is 82.6 Å². The van der Waals surface area contributed by atoms with E-state index in [1.165, 1.54) is 0 Å². The van der Waals surface area contributed by atoms with Crippen LogP contribution in [0.3, 0.4) is 0 Å². The van der Waals surface area contributed by atoms with Crippen molar-refractivity contribution in [3.8, 4) is 33.8 Å². The summed E-state index contributed by atoms with van der Waals surface area (Å²) in [6.45, 7) is 1.06. The molecule has 1 aromatic heterocycles. The molecule has 8 nitrogen and oxygen atoms in total. The van der Waals surface area contributed by atoms with Crippen LogP contribution in [0.1, 0.15) is 12.5 Å². The van der Waals surface area contributed by atoms with Gasteiger partial charge in [-0.2, -0.15) is 0 Å². The van der Waals surface area contributed by atoms with Gasteiger partial charge in [-0.05, 0) is 102 Å². The molecule has 0 spiro atoms. The highest BCUT2D eigenvalue weighted by molar-refractivity contribution is 6.45. The van der Waals surface area contributed by atoms with Gasteiger partial charge < -0.3 is 40.2 Å². The number of hydrogen-bond acceptors (Lipinski definition) is 8. The van der Waals surface area contributed by atoms with Crippen LogP contribution < -0.4 is 10.9 Å². The van der Waals surface area contributed by atoms with Gasteiger partial charge in [0.2, 0.25) is 11.5 Å². The Morgan fingerprint density at radius 2 is 1.09 bits per heavy atom. The number of phenolic OH excluding ortho intramolecular Hbond substituents is 2. The second kappa shape index (κ2) is 12.4. The molecule has 10 heteroatoms. The number of hydrogen-bond donors (Lipinski definition) is 7. The maximum atomic E-state index is 11.1. The number of fused-ring (bicyclic) bond motifs is 6. The third kappa shape index (κ3) is 5.10. The minimum atomic E-state index is -1.22. The van der Waals surface area contributed by atoms with Gasteiger partial charge in [0.1, 0.15) is 44.1 Å². The molecular weight excluding hydrogens is 666 g/mol. The number of benzene rings is 7. The largest absolute Gasteiger partial charge is 0.509 e. The first-order valence-corrected chi connectivity index (χ1v) is 16.5. The molecule has 8 aromatic rings. The first kappa shape index (κ1) is 33.2. The van der Waals surface area contributed by atoms with Crippen LogP contribution in [-0.4, -0.2) is 51.4 Å². The highest BCUT2D eigenvalue weighted by atomic mass is 16.4. The van der Waals surface area contributed by atoms with Crippen molar-refractivity contribution < 1.29 is 40.2 Å². The number of aliphatic hydroxyl groups is 5. The molecule has 1 heterocycles. The fourth-order valence-corrected chi connectivity index (χ4v) is 7.22. The lowest BCUT2D eigenvalue weighted by molar-refractivity contribution is 0.246. The fourth-order valence-electron chi connectivity index (χ4n) is 7.22. The molecule has 53 heavy (non-hydrogen) atoms. The van der Waals surface area contributed by atoms with Crippen molar-refractivity contribution in [1.82, 2.24) is 0 Å². The van der Waals surface area contributed by atoms with E-state index in [0.717, 1.165) is 62.0 Å². The molecule has 0 aliphatic carbocycles. The Morgan fingerprint density at radius 3 is 1.70 bits per heavy atom. The zero-order valence-corrected chi connectivity index (χ0v) is 28.1. The summed E-state index contributed by atoms with van der Waals surface area (Å²) in [5.41, 5.74) is 3.05. The van der Waals surface area contributed by atoms with E-state index in [0.29, 0.717) is 21.9 Å². The minimum absolute atomic E-state index is 0.104. The van der Waals surface area contributed by atoms with Crippen LogP contribution in [0.15, 0.2) is 136 Å². The van der Waals surface area contributed by atoms with Gasteiger partial charge in [0.05, 0.1) is 0 Å². The first-order chi connectivity index (χ1) is 25.5. The van der Waals surface area contributed by atoms with Crippen LogP contribution in [0, 0.1) is 0 Å². The third-order valence-electron chi connectivity index (χ3n) is 9.69. The highest BCUT2D eigenvalue weighted by Crippen LogP contribution is 2.48. The van der Waals surface area contributed by atoms with Crippen molar-refractivity contribution in [3.05, 3.63) is 137 Å². The van der Waals surface area contributed by atoms with E-state index in [9.17, 15) is 35.7 Å². The van der Waals surface area contributed by atoms with E-state index < -0.39 is 45.8 Å². The van der Waals surface area contributed by atoms with Gasteiger partial charge in [0, 0.05) is 10.8 Å². The van der Waals surface area contributed by atoms with Gasteiger partial charge in [-0.1, -0.05) is 84.9 Å². The Labute approximate surface area is 304 Å². The molecule has 254 valence electrons. The second-order valence-corrected chi connectivity index (χ2v) is 12.8. The number of aromatic hydroxyl groups is 2. The molecule has 8 rings (SSSR count). The lowest BCUT2D eigenvalue weighted by Gasteiger charge is -2.23. The van der Waals surface area contributed by atoms with Crippen molar-refractivity contribution in [3.63, 3.8) is 0 Å². The maximum Gasteiger partial charge on any atom is 0.207 e. The van der Waals surface area contributed by atoms with Gasteiger partial charge in [0.25, 0.3) is 0 Å². The van der Waals surface area contributed by atoms with Crippen LogP contribution in [-0.2, 0) is 0 Å². The summed E-state index contributed by atoms with van der Waals surface area (Å²) >= 11 is 0. The third-order valence-corrected chi connectivity index (χ3v) is 9.69. The highest BCUT2D eigenvalue weighted by Gasteiger charge is 2.26. The summed E-state index contributed by atoms with van der Waals surface area (Å²) in [4.78, 5) is 0. The molecule has 0 amide bonds. The zero-order valence-electron chi connectivity index (χ0n) is 28.1. The van der Waals surface area contributed by atoms with Crippen molar-refractivity contribution >= 4 is 87.0 Å². The van der Waals surface area contributed by atoms with Crippen molar-refractivity contribution in [2.45, 2.75) is 6.92 Å². The van der Waals surface area contributed by atoms with Gasteiger partial charge in [-0.25, -0.2) is 0 Å². The monoisotopic (exact) mass is 694 g/mol. The van der Waals surface area contributed by atoms with Crippen LogP contribution >= 0.6 is 0 Å². The Morgan fingerprint density at radius 1 is 0.547 bits per heavy atom. The smallest absolute Gasteiger partial charge is 0.207 e. The van der Waals surface area contributed by atoms with Crippen molar-refractivity contribution in [1.29, 1.82) is 0 Å². The molecule has 7 N–H and O–H groups in total. The molecule has 0 fully saturated rings. The number of allylic oxidation sites excluding steroid dienone is 1. The zero-order chi connectivity index (χ0) is 37.3. The Bertz CT molecular complexity index is 2890. The Hall–Kier alpha value is -6.93. The summed E-state index contributed by atoms with van der Waals surface area (Å²) in [5, 5.41) is 80.4. The molecule has 0 unspecified atom stereocenters. The van der Waals surface area contributed by atoms with E-state index in [-0.39, 0.29) is 16.6 Å². The van der Waals surface area contributed by atoms with E-state index in [1.807, 2.05) is 91.0 Å². The molecule has 0 aliphatic heterocycles. The van der Waals surface area contributed by atoms with Crippen LogP contribution in [0.5, 0.6) is 11.5 Å². The fraction of sp³-hybridized carbons (Fsp3) is 0.0233. The summed E-state index contributed by atoms with van der Waals surface area (Å²) in [6, 6.07) is 33.4. The average molecular weight is 694 g/mol. The lowest BCUT2D eigenvalue weighted by Crippen LogP contribution is -2.20. The molecule has 0 atom stereocenters. The number of furan rings is 1. The minimum Gasteiger partial charge on any atom is -0.509 e. The topological polar surface area (TPSA) is 155 Å². The molecule has 7 aromatic carbocycles. The predicted molar refractivity (Wildman–Crippen MR) is 212 cm³/mol. The van der Waals surface area contributed by atoms with Crippen molar-refractivity contribution in [2.75, 3.05) is 0 Å². The van der Waals surface area contributed by atoms with E-state index in [4.69, 9.17) is 20.1 Å². The number of phenols is 2. The van der Waals surface area contributed by atoms with Crippen LogP contribution in [0.4, 0.5) is 0 Å². The maximum absolute atomic E-state index is 11.1. The average Bonchev–Trinajstić information content (AvgIpc) is 3.54. The van der Waals surface area contributed by atoms with Crippen LogP contribution in [0.2, 0.25) is 0 Å². The summed E-state index contributed by atoms with van der Waals surface area (Å²) in [6.07, 6.45) is 0.936. The van der Waals surface area contributed by atoms with Gasteiger partial charge in [-0.15, -0.1) is 0 Å². The number of rotatable bonds is 5. The molecule has 0 saturated carbocycles. The summed E-state index contributed by atoms with van der Waals surface area (Å²) < 4.78 is 6.42. The predicted octanol–water partition coefficient (Wildman–Crippen LogP) is 8.95. The van der Waals surface area contributed by atoms with E-state index in [1.54, 1.807) is 0 Å². The molecular formula is C43H28B2O8. The van der Waals surface area contributed by atoms with Crippen molar-refractivity contribution in [2.24, 2.45) is 0 Å². The standard InChI is InChI=1S/C43H28B2O8/c1-20(46)39(48)43(52)40(49)30(47)19-29-36(38(45)42(51)41(50)37(29)44)35-25-13-6-4-11-23(25)33(24-12-5-7-14-26(24)35)27-15-8-16-31-34(27)28-17-21-9-2-3-10-22(21)18-32(28)53-31/h2-19,46-52H,1H3/b30-19-,39-20-,43-40-. The lowest BCUT2D eigenvalue weighted by atomic mass is 9.73. The van der Waals surface area contributed by atoms with Gasteiger partial charge in [-0.3, -0.25) is 0 Å². The van der Waals surface area contributed by atoms with Gasteiger partial charge in [0.15, 0.2) is 11.5 Å². The van der Waals surface area contributed by atoms with Gasteiger partial charge >= 0.3 is 0 Å². The van der Waals surface area contributed by atoms with E-state index in [2.05, 4.69) is 12.1 Å². The normalized spacial score (nSPS) is 13.3. The Balaban J connectivity index is 1.50. The molecule has 4 radical (unpaired) electrons. The summed E-state index contributed by atoms with van der Waals surface area (Å²) in [7, 11) is 13.0. The Kier molecular flexibility index (Phi) is 7.76. The van der Waals surface area contributed by atoms with E-state index >= 15 is 0 Å². The SMILES string of the molecule is [B]c1c(O)c(O)c([B])c(-c2c3ccccc3c(-c3cccc4oc5cc6ccccc6cc5c34)c3ccccc23)c1/C=C(O)/C(O)=C(O)\C(O)=C(/C)O. The quantitative estimate of drug-likeness (QED) is 0.0310. The molecule has 0 saturated heterocycles. The summed E-state index contributed by atoms with van der Waals surface area (Å²) in [5.74, 6) is -6.70. The number of aliphatic hydroxyl groups excluding tert-OH is 5. The first-order valence-electron chi connectivity index (χ1n) is 16.5.